The van der Waals surface area contributed by atoms with Crippen molar-refractivity contribution in [3.8, 4) is 0 Å². The largest absolute Gasteiger partial charge is 0.388 e. The molecule has 0 aliphatic heterocycles. The fourth-order valence-electron chi connectivity index (χ4n) is 1.49. The Morgan fingerprint density at radius 3 is 2.67 bits per heavy atom. The van der Waals surface area contributed by atoms with Gasteiger partial charge in [0.05, 0.1) is 18.9 Å². The molecule has 18 heavy (non-hydrogen) atoms. The van der Waals surface area contributed by atoms with Gasteiger partial charge < -0.3 is 15.2 Å². The number of aryl methyl sites for hydroxylation is 1. The Hall–Kier alpha value is -2.02. The summed E-state index contributed by atoms with van der Waals surface area (Å²) in [6, 6.07) is 0. The molecule has 0 bridgehead atoms. The highest BCUT2D eigenvalue weighted by molar-refractivity contribution is 7.80. The van der Waals surface area contributed by atoms with Crippen LogP contribution in [0.4, 0.5) is 5.82 Å². The number of aromatic nitrogens is 4. The zero-order valence-electron chi connectivity index (χ0n) is 10.2. The molecule has 0 saturated carbocycles. The molecule has 2 heterocycles. The number of anilines is 1. The van der Waals surface area contributed by atoms with E-state index in [1.807, 2.05) is 29.8 Å². The number of thiocarbonyl (C=S) groups is 1. The predicted octanol–water partition coefficient (Wildman–Crippen LogP) is 0.481. The monoisotopic (exact) mass is 262 g/mol. The van der Waals surface area contributed by atoms with E-state index in [1.165, 1.54) is 0 Å². The summed E-state index contributed by atoms with van der Waals surface area (Å²) in [5.41, 5.74) is 6.00. The summed E-state index contributed by atoms with van der Waals surface area (Å²) in [7, 11) is 3.89. The van der Waals surface area contributed by atoms with Gasteiger partial charge in [-0.05, 0) is 0 Å². The van der Waals surface area contributed by atoms with E-state index in [-0.39, 0.29) is 4.99 Å². The van der Waals surface area contributed by atoms with Crippen LogP contribution in [-0.4, -0.2) is 31.6 Å². The first-order valence-corrected chi connectivity index (χ1v) is 5.78. The van der Waals surface area contributed by atoms with Crippen molar-refractivity contribution in [3.63, 3.8) is 0 Å². The van der Waals surface area contributed by atoms with Crippen molar-refractivity contribution in [2.45, 2.75) is 6.54 Å². The Morgan fingerprint density at radius 1 is 1.39 bits per heavy atom. The minimum absolute atomic E-state index is 0.251. The smallest absolute Gasteiger partial charge is 0.147 e. The molecule has 0 atom stereocenters. The number of nitrogens with two attached hydrogens (primary N) is 1. The first-order chi connectivity index (χ1) is 8.58. The molecule has 0 radical (unpaired) electrons. The third kappa shape index (κ3) is 2.62. The van der Waals surface area contributed by atoms with Crippen molar-refractivity contribution in [2.24, 2.45) is 12.8 Å². The molecule has 2 N–H and O–H groups in total. The lowest BCUT2D eigenvalue weighted by Gasteiger charge is -2.17. The summed E-state index contributed by atoms with van der Waals surface area (Å²) in [6.45, 7) is 0.657. The Kier molecular flexibility index (Phi) is 3.52. The minimum Gasteiger partial charge on any atom is -0.388 e. The van der Waals surface area contributed by atoms with Gasteiger partial charge in [0.2, 0.25) is 0 Å². The van der Waals surface area contributed by atoms with Crippen molar-refractivity contribution < 1.29 is 0 Å². The maximum atomic E-state index is 5.47. The molecular weight excluding hydrogens is 248 g/mol. The first kappa shape index (κ1) is 12.4. The Bertz CT molecular complexity index is 547. The van der Waals surface area contributed by atoms with Gasteiger partial charge in [0.25, 0.3) is 0 Å². The Labute approximate surface area is 110 Å². The van der Waals surface area contributed by atoms with E-state index < -0.39 is 0 Å². The van der Waals surface area contributed by atoms with Crippen LogP contribution in [0.15, 0.2) is 24.8 Å². The van der Waals surface area contributed by atoms with Crippen LogP contribution < -0.4 is 10.6 Å². The van der Waals surface area contributed by atoms with E-state index in [4.69, 9.17) is 18.0 Å². The minimum atomic E-state index is 0.251. The number of hydrogen-bond acceptors (Lipinski definition) is 5. The van der Waals surface area contributed by atoms with E-state index in [2.05, 4.69) is 15.0 Å². The van der Waals surface area contributed by atoms with Crippen molar-refractivity contribution in [1.29, 1.82) is 0 Å². The highest BCUT2D eigenvalue weighted by atomic mass is 32.1. The third-order valence-corrected chi connectivity index (χ3v) is 2.79. The molecular formula is C11H14N6S. The molecule has 94 valence electrons. The number of nitrogens with zero attached hydrogens (tertiary/aromatic N) is 5. The molecule has 0 spiro atoms. The maximum absolute atomic E-state index is 5.47. The van der Waals surface area contributed by atoms with E-state index >= 15 is 0 Å². The van der Waals surface area contributed by atoms with Crippen LogP contribution in [-0.2, 0) is 13.6 Å². The van der Waals surface area contributed by atoms with Crippen LogP contribution in [0.2, 0.25) is 0 Å². The second kappa shape index (κ2) is 5.09. The molecule has 2 aromatic heterocycles. The van der Waals surface area contributed by atoms with Gasteiger partial charge in [-0.15, -0.1) is 0 Å². The summed E-state index contributed by atoms with van der Waals surface area (Å²) in [6.07, 6.45) is 6.90. The summed E-state index contributed by atoms with van der Waals surface area (Å²) < 4.78 is 1.97. The number of imidazole rings is 1. The van der Waals surface area contributed by atoms with Gasteiger partial charge in [0, 0.05) is 26.5 Å². The van der Waals surface area contributed by atoms with E-state index in [0.717, 1.165) is 11.6 Å². The summed E-state index contributed by atoms with van der Waals surface area (Å²) >= 11 is 4.83. The maximum Gasteiger partial charge on any atom is 0.147 e. The van der Waals surface area contributed by atoms with Crippen molar-refractivity contribution >= 4 is 23.0 Å². The van der Waals surface area contributed by atoms with Gasteiger partial charge in [0.15, 0.2) is 0 Å². The SMILES string of the molecule is CN(Cc1nccn1C)c1cnc(C(N)=S)cn1. The van der Waals surface area contributed by atoms with Crippen LogP contribution in [0.1, 0.15) is 11.5 Å². The van der Waals surface area contributed by atoms with Gasteiger partial charge in [-0.2, -0.15) is 0 Å². The molecule has 7 heteroatoms. The normalized spacial score (nSPS) is 10.3. The number of rotatable bonds is 4. The molecule has 0 aromatic carbocycles. The highest BCUT2D eigenvalue weighted by Gasteiger charge is 2.08. The summed E-state index contributed by atoms with van der Waals surface area (Å²) in [5, 5.41) is 0. The molecule has 0 saturated heterocycles. The molecule has 0 aliphatic carbocycles. The van der Waals surface area contributed by atoms with Gasteiger partial charge >= 0.3 is 0 Å². The lowest BCUT2D eigenvalue weighted by atomic mass is 10.4. The first-order valence-electron chi connectivity index (χ1n) is 5.37. The lowest BCUT2D eigenvalue weighted by Crippen LogP contribution is -2.21. The topological polar surface area (TPSA) is 72.9 Å². The number of hydrogen-bond donors (Lipinski definition) is 1. The van der Waals surface area contributed by atoms with Gasteiger partial charge in [-0.3, -0.25) is 0 Å². The Balaban J connectivity index is 2.12. The molecule has 2 aromatic rings. The third-order valence-electron chi connectivity index (χ3n) is 2.58. The quantitative estimate of drug-likeness (QED) is 0.808. The van der Waals surface area contributed by atoms with Crippen LogP contribution in [0.5, 0.6) is 0 Å². The van der Waals surface area contributed by atoms with Crippen LogP contribution >= 0.6 is 12.2 Å². The van der Waals surface area contributed by atoms with E-state index in [1.54, 1.807) is 18.6 Å². The Morgan fingerprint density at radius 2 is 2.17 bits per heavy atom. The summed E-state index contributed by atoms with van der Waals surface area (Å²) in [5.74, 6) is 1.70. The average Bonchev–Trinajstić information content (AvgIpc) is 2.75. The van der Waals surface area contributed by atoms with Crippen LogP contribution in [0.3, 0.4) is 0 Å². The molecule has 0 fully saturated rings. The van der Waals surface area contributed by atoms with Crippen molar-refractivity contribution in [3.05, 3.63) is 36.3 Å². The molecule has 0 aliphatic rings. The standard InChI is InChI=1S/C11H14N6S/c1-16-4-3-13-10(16)7-17(2)9-6-14-8(5-15-9)11(12)18/h3-6H,7H2,1-2H3,(H2,12,18). The van der Waals surface area contributed by atoms with Crippen molar-refractivity contribution in [2.75, 3.05) is 11.9 Å². The summed E-state index contributed by atoms with van der Waals surface area (Å²) in [4.78, 5) is 14.9. The average molecular weight is 262 g/mol. The second-order valence-electron chi connectivity index (χ2n) is 3.93. The van der Waals surface area contributed by atoms with Crippen molar-refractivity contribution in [1.82, 2.24) is 19.5 Å². The molecule has 2 rings (SSSR count). The molecule has 0 amide bonds. The van der Waals surface area contributed by atoms with Gasteiger partial charge in [0.1, 0.15) is 22.3 Å². The lowest BCUT2D eigenvalue weighted by molar-refractivity contribution is 0.754. The molecule has 0 unspecified atom stereocenters. The van der Waals surface area contributed by atoms with E-state index in [9.17, 15) is 0 Å². The highest BCUT2D eigenvalue weighted by Crippen LogP contribution is 2.10. The fraction of sp³-hybridized carbons (Fsp3) is 0.273. The zero-order valence-corrected chi connectivity index (χ0v) is 11.1. The molecule has 6 nitrogen and oxygen atoms in total. The van der Waals surface area contributed by atoms with Crippen LogP contribution in [0.25, 0.3) is 0 Å². The predicted molar refractivity (Wildman–Crippen MR) is 73.2 cm³/mol. The van der Waals surface area contributed by atoms with Crippen LogP contribution in [0, 0.1) is 0 Å². The fourth-order valence-corrected chi connectivity index (χ4v) is 1.59. The van der Waals surface area contributed by atoms with Gasteiger partial charge in [-0.1, -0.05) is 12.2 Å². The zero-order chi connectivity index (χ0) is 13.1. The van der Waals surface area contributed by atoms with Gasteiger partial charge in [-0.25, -0.2) is 15.0 Å². The van der Waals surface area contributed by atoms with E-state index in [0.29, 0.717) is 12.2 Å². The second-order valence-corrected chi connectivity index (χ2v) is 4.37.